The molecule has 0 aliphatic heterocycles. The maximum atomic E-state index is 11.3. The van der Waals surface area contributed by atoms with Gasteiger partial charge in [-0.3, -0.25) is 4.79 Å². The first-order valence-electron chi connectivity index (χ1n) is 4.79. The number of carbonyl (C=O) groups excluding carboxylic acids is 1. The molecule has 0 heterocycles. The van der Waals surface area contributed by atoms with Crippen LogP contribution in [0.25, 0.3) is 0 Å². The van der Waals surface area contributed by atoms with Gasteiger partial charge in [-0.05, 0) is 18.9 Å². The van der Waals surface area contributed by atoms with Crippen molar-refractivity contribution in [2.45, 2.75) is 33.1 Å². The van der Waals surface area contributed by atoms with E-state index in [1.54, 1.807) is 0 Å². The van der Waals surface area contributed by atoms with Crippen molar-refractivity contribution in [2.24, 2.45) is 0 Å². The molecule has 0 aromatic heterocycles. The molecule has 0 unspecified atom stereocenters. The van der Waals surface area contributed by atoms with Crippen LogP contribution in [-0.4, -0.2) is 5.78 Å². The molecule has 0 aliphatic carbocycles. The van der Waals surface area contributed by atoms with E-state index in [-0.39, 0.29) is 0 Å². The average molecular weight is 176 g/mol. The van der Waals surface area contributed by atoms with Crippen LogP contribution in [0, 0.1) is 6.92 Å². The van der Waals surface area contributed by atoms with E-state index >= 15 is 0 Å². The third-order valence-electron chi connectivity index (χ3n) is 2.01. The zero-order chi connectivity index (χ0) is 9.68. The van der Waals surface area contributed by atoms with E-state index in [0.29, 0.717) is 18.6 Å². The van der Waals surface area contributed by atoms with E-state index in [4.69, 9.17) is 0 Å². The molecule has 1 heteroatoms. The molecule has 0 saturated carbocycles. The zero-order valence-electron chi connectivity index (χ0n) is 8.34. The third kappa shape index (κ3) is 3.41. The Balaban J connectivity index is 2.58. The van der Waals surface area contributed by atoms with Gasteiger partial charge in [-0.1, -0.05) is 36.8 Å². The van der Waals surface area contributed by atoms with Crippen LogP contribution in [0.5, 0.6) is 0 Å². The summed E-state index contributed by atoms with van der Waals surface area (Å²) in [5, 5.41) is 0. The second-order valence-electron chi connectivity index (χ2n) is 3.45. The average Bonchev–Trinajstić information content (AvgIpc) is 2.04. The monoisotopic (exact) mass is 176 g/mol. The smallest absolute Gasteiger partial charge is 0.137 e. The second kappa shape index (κ2) is 4.80. The summed E-state index contributed by atoms with van der Waals surface area (Å²) in [5.74, 6) is 0.341. The standard InChI is InChI=1S/C12H16O/c1-3-5-12(13)9-11-7-4-6-10(2)8-11/h4,6-8H,3,5,9H2,1-2H3. The molecule has 1 rings (SSSR count). The highest BCUT2D eigenvalue weighted by atomic mass is 16.1. The van der Waals surface area contributed by atoms with E-state index < -0.39 is 0 Å². The molecule has 0 radical (unpaired) electrons. The first kappa shape index (κ1) is 9.97. The Morgan fingerprint density at radius 2 is 2.15 bits per heavy atom. The summed E-state index contributed by atoms with van der Waals surface area (Å²) in [6.45, 7) is 4.09. The van der Waals surface area contributed by atoms with Gasteiger partial charge < -0.3 is 0 Å². The number of Topliss-reactive ketones (excluding diaryl/α,β-unsaturated/α-hetero) is 1. The van der Waals surface area contributed by atoms with Crippen molar-refractivity contribution < 1.29 is 4.79 Å². The summed E-state index contributed by atoms with van der Waals surface area (Å²) < 4.78 is 0. The summed E-state index contributed by atoms with van der Waals surface area (Å²) in [5.41, 5.74) is 2.36. The number of ketones is 1. The maximum Gasteiger partial charge on any atom is 0.137 e. The SMILES string of the molecule is CCCC(=O)Cc1cccc(C)c1. The fourth-order valence-electron chi connectivity index (χ4n) is 1.42. The Morgan fingerprint density at radius 1 is 1.38 bits per heavy atom. The minimum Gasteiger partial charge on any atom is -0.299 e. The summed E-state index contributed by atoms with van der Waals surface area (Å²) in [7, 11) is 0. The molecule has 1 aromatic rings. The van der Waals surface area contributed by atoms with Gasteiger partial charge in [-0.15, -0.1) is 0 Å². The highest BCUT2D eigenvalue weighted by Crippen LogP contribution is 2.06. The van der Waals surface area contributed by atoms with Crippen LogP contribution in [-0.2, 0) is 11.2 Å². The van der Waals surface area contributed by atoms with Crippen molar-refractivity contribution >= 4 is 5.78 Å². The molecule has 0 fully saturated rings. The first-order valence-corrected chi connectivity index (χ1v) is 4.79. The molecule has 13 heavy (non-hydrogen) atoms. The fraction of sp³-hybridized carbons (Fsp3) is 0.417. The van der Waals surface area contributed by atoms with Gasteiger partial charge in [0.25, 0.3) is 0 Å². The predicted octanol–water partition coefficient (Wildman–Crippen LogP) is 2.91. The lowest BCUT2D eigenvalue weighted by molar-refractivity contribution is -0.118. The van der Waals surface area contributed by atoms with Crippen molar-refractivity contribution in [2.75, 3.05) is 0 Å². The van der Waals surface area contributed by atoms with Gasteiger partial charge in [-0.2, -0.15) is 0 Å². The summed E-state index contributed by atoms with van der Waals surface area (Å²) in [6.07, 6.45) is 2.24. The van der Waals surface area contributed by atoms with Crippen molar-refractivity contribution in [3.05, 3.63) is 35.4 Å². The van der Waals surface area contributed by atoms with E-state index in [2.05, 4.69) is 6.07 Å². The minimum atomic E-state index is 0.341. The lowest BCUT2D eigenvalue weighted by Crippen LogP contribution is -2.01. The Hall–Kier alpha value is -1.11. The molecule has 0 bridgehead atoms. The lowest BCUT2D eigenvalue weighted by atomic mass is 10.0. The molecule has 0 saturated heterocycles. The molecule has 0 aliphatic rings. The van der Waals surface area contributed by atoms with Crippen LogP contribution in [0.2, 0.25) is 0 Å². The normalized spacial score (nSPS) is 10.0. The number of aryl methyl sites for hydroxylation is 1. The van der Waals surface area contributed by atoms with Crippen LogP contribution < -0.4 is 0 Å². The van der Waals surface area contributed by atoms with Gasteiger partial charge in [0.2, 0.25) is 0 Å². The fourth-order valence-corrected chi connectivity index (χ4v) is 1.42. The van der Waals surface area contributed by atoms with E-state index in [1.165, 1.54) is 5.56 Å². The summed E-state index contributed by atoms with van der Waals surface area (Å²) in [4.78, 5) is 11.3. The first-order chi connectivity index (χ1) is 6.22. The molecule has 0 amide bonds. The Bertz CT molecular complexity index is 289. The summed E-state index contributed by atoms with van der Waals surface area (Å²) in [6, 6.07) is 8.14. The van der Waals surface area contributed by atoms with Gasteiger partial charge in [0.1, 0.15) is 5.78 Å². The van der Waals surface area contributed by atoms with Crippen molar-refractivity contribution in [1.82, 2.24) is 0 Å². The zero-order valence-corrected chi connectivity index (χ0v) is 8.34. The molecular weight excluding hydrogens is 160 g/mol. The van der Waals surface area contributed by atoms with Gasteiger partial charge in [0, 0.05) is 12.8 Å². The maximum absolute atomic E-state index is 11.3. The number of carbonyl (C=O) groups is 1. The molecule has 1 aromatic carbocycles. The van der Waals surface area contributed by atoms with E-state index in [1.807, 2.05) is 32.0 Å². The van der Waals surface area contributed by atoms with Crippen molar-refractivity contribution in [3.8, 4) is 0 Å². The molecule has 70 valence electrons. The van der Waals surface area contributed by atoms with Gasteiger partial charge in [0.05, 0.1) is 0 Å². The largest absolute Gasteiger partial charge is 0.299 e. The number of benzene rings is 1. The predicted molar refractivity (Wildman–Crippen MR) is 54.8 cm³/mol. The highest BCUT2D eigenvalue weighted by Gasteiger charge is 2.01. The molecule has 0 atom stereocenters. The Labute approximate surface area is 79.8 Å². The van der Waals surface area contributed by atoms with Crippen LogP contribution in [0.3, 0.4) is 0 Å². The van der Waals surface area contributed by atoms with Crippen molar-refractivity contribution in [3.63, 3.8) is 0 Å². The topological polar surface area (TPSA) is 17.1 Å². The molecule has 1 nitrogen and oxygen atoms in total. The van der Waals surface area contributed by atoms with Crippen LogP contribution in [0.15, 0.2) is 24.3 Å². The minimum absolute atomic E-state index is 0.341. The summed E-state index contributed by atoms with van der Waals surface area (Å²) >= 11 is 0. The Morgan fingerprint density at radius 3 is 2.77 bits per heavy atom. The molecule has 0 spiro atoms. The van der Waals surface area contributed by atoms with Crippen LogP contribution in [0.4, 0.5) is 0 Å². The lowest BCUT2D eigenvalue weighted by Gasteiger charge is -2.00. The highest BCUT2D eigenvalue weighted by molar-refractivity contribution is 5.80. The van der Waals surface area contributed by atoms with Crippen molar-refractivity contribution in [1.29, 1.82) is 0 Å². The third-order valence-corrected chi connectivity index (χ3v) is 2.01. The molecule has 0 N–H and O–H groups in total. The van der Waals surface area contributed by atoms with E-state index in [9.17, 15) is 4.79 Å². The van der Waals surface area contributed by atoms with Gasteiger partial charge >= 0.3 is 0 Å². The van der Waals surface area contributed by atoms with Gasteiger partial charge in [-0.25, -0.2) is 0 Å². The quantitative estimate of drug-likeness (QED) is 0.689. The number of hydrogen-bond acceptors (Lipinski definition) is 1. The Kier molecular flexibility index (Phi) is 3.69. The second-order valence-corrected chi connectivity index (χ2v) is 3.45. The number of hydrogen-bond donors (Lipinski definition) is 0. The number of rotatable bonds is 4. The molecular formula is C12H16O. The van der Waals surface area contributed by atoms with E-state index in [0.717, 1.165) is 12.0 Å². The van der Waals surface area contributed by atoms with Gasteiger partial charge in [0.15, 0.2) is 0 Å². The van der Waals surface area contributed by atoms with Crippen LogP contribution in [0.1, 0.15) is 30.9 Å². The van der Waals surface area contributed by atoms with Crippen LogP contribution >= 0.6 is 0 Å².